The van der Waals surface area contributed by atoms with Gasteiger partial charge in [-0.2, -0.15) is 0 Å². The molecule has 0 aromatic carbocycles. The molecule has 98 valence electrons. The number of nitrogens with zero attached hydrogens (tertiary/aromatic N) is 1. The van der Waals surface area contributed by atoms with Crippen LogP contribution in [0.3, 0.4) is 0 Å². The molecule has 2 aromatic rings. The van der Waals surface area contributed by atoms with Gasteiger partial charge in [0.05, 0.1) is 0 Å². The van der Waals surface area contributed by atoms with Crippen LogP contribution in [-0.2, 0) is 0 Å². The van der Waals surface area contributed by atoms with Gasteiger partial charge < -0.3 is 9.73 Å². The molecule has 0 unspecified atom stereocenters. The van der Waals surface area contributed by atoms with Crippen LogP contribution in [0.25, 0.3) is 0 Å². The number of carbonyl (C=O) groups excluding carboxylic acids is 1. The number of pyridine rings is 1. The number of aromatic amines is 1. The molecule has 1 saturated carbocycles. The molecule has 0 aliphatic heterocycles. The van der Waals surface area contributed by atoms with Crippen LogP contribution in [0.4, 0.5) is 0 Å². The Kier molecular flexibility index (Phi) is 2.91. The van der Waals surface area contributed by atoms with E-state index in [1.165, 1.54) is 5.56 Å². The van der Waals surface area contributed by atoms with Crippen molar-refractivity contribution >= 4 is 5.91 Å². The molecule has 2 atom stereocenters. The third-order valence-electron chi connectivity index (χ3n) is 3.33. The average Bonchev–Trinajstić information content (AvgIpc) is 3.09. The molecule has 0 saturated heterocycles. The molecule has 6 nitrogen and oxygen atoms in total. The minimum atomic E-state index is -0.621. The Hall–Kier alpha value is -2.37. The van der Waals surface area contributed by atoms with Crippen molar-refractivity contribution in [3.05, 3.63) is 52.6 Å². The zero-order valence-electron chi connectivity index (χ0n) is 10.1. The normalized spacial score (nSPS) is 21.1. The van der Waals surface area contributed by atoms with E-state index in [0.717, 1.165) is 12.7 Å². The summed E-state index contributed by atoms with van der Waals surface area (Å²) < 4.78 is 4.52. The van der Waals surface area contributed by atoms with Gasteiger partial charge >= 0.3 is 5.76 Å². The molecule has 19 heavy (non-hydrogen) atoms. The number of aromatic nitrogens is 2. The zero-order valence-corrected chi connectivity index (χ0v) is 10.1. The van der Waals surface area contributed by atoms with Gasteiger partial charge in [0.15, 0.2) is 0 Å². The van der Waals surface area contributed by atoms with E-state index in [9.17, 15) is 9.59 Å². The molecule has 1 aliphatic carbocycles. The molecular weight excluding hydrogens is 246 g/mol. The molecule has 2 heterocycles. The molecule has 1 fully saturated rings. The number of amides is 1. The number of hydrogen-bond donors (Lipinski definition) is 2. The number of oxazole rings is 1. The van der Waals surface area contributed by atoms with E-state index < -0.39 is 5.76 Å². The highest BCUT2D eigenvalue weighted by Crippen LogP contribution is 2.46. The number of nitrogens with one attached hydrogen (secondary N) is 2. The summed E-state index contributed by atoms with van der Waals surface area (Å²) in [5, 5.41) is 2.78. The molecule has 2 N–H and O–H groups in total. The van der Waals surface area contributed by atoms with Crippen molar-refractivity contribution < 1.29 is 9.21 Å². The summed E-state index contributed by atoms with van der Waals surface area (Å²) in [7, 11) is 0. The highest BCUT2D eigenvalue weighted by atomic mass is 16.4. The van der Waals surface area contributed by atoms with Crippen LogP contribution in [-0.4, -0.2) is 22.4 Å². The van der Waals surface area contributed by atoms with E-state index in [1.807, 2.05) is 18.3 Å². The molecular formula is C13H13N3O3. The zero-order chi connectivity index (χ0) is 13.2. The summed E-state index contributed by atoms with van der Waals surface area (Å²) in [6.07, 6.45) is 5.79. The van der Waals surface area contributed by atoms with E-state index in [-0.39, 0.29) is 11.6 Å². The Labute approximate surface area is 108 Å². The van der Waals surface area contributed by atoms with Crippen molar-refractivity contribution in [2.45, 2.75) is 12.3 Å². The van der Waals surface area contributed by atoms with E-state index in [1.54, 1.807) is 6.20 Å². The van der Waals surface area contributed by atoms with Crippen molar-refractivity contribution in [2.75, 3.05) is 6.54 Å². The Bertz CT molecular complexity index is 632. The third-order valence-corrected chi connectivity index (χ3v) is 3.33. The standard InChI is InChI=1S/C13H13N3O3/c17-12(11-7-19-13(18)16-11)15-6-9-4-10(9)8-2-1-3-14-5-8/h1-3,5,7,9-10H,4,6H2,(H,15,17)(H,16,18)/t9-,10-/m0/s1. The smallest absolute Gasteiger partial charge is 0.416 e. The monoisotopic (exact) mass is 259 g/mol. The number of carbonyl (C=O) groups is 1. The number of rotatable bonds is 4. The van der Waals surface area contributed by atoms with Gasteiger partial charge in [-0.25, -0.2) is 4.79 Å². The fraction of sp³-hybridized carbons (Fsp3) is 0.308. The summed E-state index contributed by atoms with van der Waals surface area (Å²) in [5.41, 5.74) is 1.36. The van der Waals surface area contributed by atoms with Crippen LogP contribution in [0.5, 0.6) is 0 Å². The maximum Gasteiger partial charge on any atom is 0.416 e. The molecule has 1 amide bonds. The maximum atomic E-state index is 11.7. The van der Waals surface area contributed by atoms with Crippen molar-refractivity contribution in [3.63, 3.8) is 0 Å². The molecule has 1 aliphatic rings. The number of hydrogen-bond acceptors (Lipinski definition) is 4. The Morgan fingerprint density at radius 3 is 3.16 bits per heavy atom. The van der Waals surface area contributed by atoms with Crippen molar-refractivity contribution in [1.29, 1.82) is 0 Å². The largest absolute Gasteiger partial charge is 0.416 e. The van der Waals surface area contributed by atoms with Gasteiger partial charge in [0.2, 0.25) is 0 Å². The Morgan fingerprint density at radius 1 is 1.58 bits per heavy atom. The first kappa shape index (κ1) is 11.7. The second kappa shape index (κ2) is 4.72. The predicted molar refractivity (Wildman–Crippen MR) is 66.7 cm³/mol. The lowest BCUT2D eigenvalue weighted by Gasteiger charge is -2.02. The summed E-state index contributed by atoms with van der Waals surface area (Å²) in [4.78, 5) is 28.9. The van der Waals surface area contributed by atoms with Gasteiger partial charge in [-0.15, -0.1) is 0 Å². The average molecular weight is 259 g/mol. The lowest BCUT2D eigenvalue weighted by Crippen LogP contribution is -2.26. The second-order valence-electron chi connectivity index (χ2n) is 4.66. The van der Waals surface area contributed by atoms with Gasteiger partial charge in [0.25, 0.3) is 5.91 Å². The molecule has 0 spiro atoms. The summed E-state index contributed by atoms with van der Waals surface area (Å²) in [6.45, 7) is 0.589. The van der Waals surface area contributed by atoms with Crippen LogP contribution in [0.1, 0.15) is 28.4 Å². The summed E-state index contributed by atoms with van der Waals surface area (Å²) >= 11 is 0. The molecule has 6 heteroatoms. The highest BCUT2D eigenvalue weighted by Gasteiger charge is 2.38. The topological polar surface area (TPSA) is 88.0 Å². The first-order valence-corrected chi connectivity index (χ1v) is 6.10. The summed E-state index contributed by atoms with van der Waals surface area (Å²) in [5.74, 6) is -0.0309. The first-order valence-electron chi connectivity index (χ1n) is 6.10. The lowest BCUT2D eigenvalue weighted by atomic mass is 10.1. The molecule has 2 aromatic heterocycles. The van der Waals surface area contributed by atoms with E-state index >= 15 is 0 Å². The highest BCUT2D eigenvalue weighted by molar-refractivity contribution is 5.91. The van der Waals surface area contributed by atoms with Gasteiger partial charge in [0, 0.05) is 18.9 Å². The minimum Gasteiger partial charge on any atom is -0.416 e. The molecule has 0 radical (unpaired) electrons. The fourth-order valence-electron chi connectivity index (χ4n) is 2.19. The SMILES string of the molecule is O=C(NC[C@@H]1C[C@H]1c1cccnc1)c1coc(=O)[nH]1. The van der Waals surface area contributed by atoms with Gasteiger partial charge in [-0.05, 0) is 29.9 Å². The van der Waals surface area contributed by atoms with Gasteiger partial charge in [-0.1, -0.05) is 6.07 Å². The van der Waals surface area contributed by atoms with Crippen molar-refractivity contribution in [1.82, 2.24) is 15.3 Å². The molecule has 0 bridgehead atoms. The Morgan fingerprint density at radius 2 is 2.47 bits per heavy atom. The lowest BCUT2D eigenvalue weighted by molar-refractivity contribution is 0.0946. The van der Waals surface area contributed by atoms with Crippen LogP contribution < -0.4 is 11.1 Å². The fourth-order valence-corrected chi connectivity index (χ4v) is 2.19. The first-order chi connectivity index (χ1) is 9.24. The van der Waals surface area contributed by atoms with Gasteiger partial charge in [-0.3, -0.25) is 14.8 Å². The summed E-state index contributed by atoms with van der Waals surface area (Å²) in [6, 6.07) is 3.96. The number of H-pyrrole nitrogens is 1. The van der Waals surface area contributed by atoms with Crippen LogP contribution in [0.15, 0.2) is 40.0 Å². The minimum absolute atomic E-state index is 0.156. The van der Waals surface area contributed by atoms with Gasteiger partial charge in [0.1, 0.15) is 12.0 Å². The van der Waals surface area contributed by atoms with Crippen LogP contribution in [0, 0.1) is 5.92 Å². The van der Waals surface area contributed by atoms with Crippen LogP contribution in [0.2, 0.25) is 0 Å². The second-order valence-corrected chi connectivity index (χ2v) is 4.66. The van der Waals surface area contributed by atoms with Crippen molar-refractivity contribution in [2.24, 2.45) is 5.92 Å². The van der Waals surface area contributed by atoms with E-state index in [2.05, 4.69) is 19.7 Å². The quantitative estimate of drug-likeness (QED) is 0.853. The third kappa shape index (κ3) is 2.57. The van der Waals surface area contributed by atoms with E-state index in [4.69, 9.17) is 0 Å². The Balaban J connectivity index is 1.52. The van der Waals surface area contributed by atoms with Crippen molar-refractivity contribution in [3.8, 4) is 0 Å². The van der Waals surface area contributed by atoms with Crippen LogP contribution >= 0.6 is 0 Å². The van der Waals surface area contributed by atoms with E-state index in [0.29, 0.717) is 18.4 Å². The molecule has 3 rings (SSSR count). The predicted octanol–water partition coefficient (Wildman–Crippen LogP) is 0.896. The maximum absolute atomic E-state index is 11.7.